The topological polar surface area (TPSA) is 29.1 Å². The maximum absolute atomic E-state index is 12.0. The van der Waals surface area contributed by atoms with Gasteiger partial charge in [-0.3, -0.25) is 4.79 Å². The highest BCUT2D eigenvalue weighted by Gasteiger charge is 2.35. The molecule has 0 radical (unpaired) electrons. The van der Waals surface area contributed by atoms with Gasteiger partial charge >= 0.3 is 0 Å². The van der Waals surface area contributed by atoms with Crippen LogP contribution in [-0.4, -0.2) is 17.9 Å². The summed E-state index contributed by atoms with van der Waals surface area (Å²) in [4.78, 5) is 12.0. The van der Waals surface area contributed by atoms with Gasteiger partial charge in [0.15, 0.2) is 5.78 Å². The minimum Gasteiger partial charge on any atom is -0.305 e. The lowest BCUT2D eigenvalue weighted by Gasteiger charge is -2.24. The molecule has 1 N–H and O–H groups in total. The van der Waals surface area contributed by atoms with Crippen molar-refractivity contribution in [2.45, 2.75) is 58.4 Å². The van der Waals surface area contributed by atoms with Gasteiger partial charge in [-0.15, -0.1) is 0 Å². The molecule has 0 aromatic carbocycles. The average Bonchev–Trinajstić information content (AvgIpc) is 2.54. The Balaban J connectivity index is 2.40. The van der Waals surface area contributed by atoms with Gasteiger partial charge in [0, 0.05) is 6.42 Å². The molecule has 14 heavy (non-hydrogen) atoms. The molecule has 1 heterocycles. The molecule has 1 aliphatic heterocycles. The molecule has 1 fully saturated rings. The lowest BCUT2D eigenvalue weighted by Crippen LogP contribution is -2.45. The third-order valence-corrected chi connectivity index (χ3v) is 3.30. The summed E-state index contributed by atoms with van der Waals surface area (Å²) in [7, 11) is 0. The minimum absolute atomic E-state index is 0.206. The SMILES string of the molecule is CCCC(C)CC(=O)C1(C)CCCN1. The van der Waals surface area contributed by atoms with Gasteiger partial charge in [-0.05, 0) is 32.2 Å². The average molecular weight is 197 g/mol. The number of hydrogen-bond acceptors (Lipinski definition) is 2. The monoisotopic (exact) mass is 197 g/mol. The lowest BCUT2D eigenvalue weighted by atomic mass is 9.87. The Kier molecular flexibility index (Phi) is 4.11. The zero-order chi connectivity index (χ0) is 10.6. The number of hydrogen-bond donors (Lipinski definition) is 1. The molecule has 0 aromatic rings. The van der Waals surface area contributed by atoms with E-state index in [1.165, 1.54) is 12.8 Å². The van der Waals surface area contributed by atoms with E-state index in [-0.39, 0.29) is 5.54 Å². The number of nitrogens with one attached hydrogen (secondary N) is 1. The quantitative estimate of drug-likeness (QED) is 0.733. The number of carbonyl (C=O) groups excluding carboxylic acids is 1. The van der Waals surface area contributed by atoms with Gasteiger partial charge in [0.2, 0.25) is 0 Å². The van der Waals surface area contributed by atoms with Gasteiger partial charge in [0.1, 0.15) is 0 Å². The van der Waals surface area contributed by atoms with Crippen LogP contribution in [0.2, 0.25) is 0 Å². The van der Waals surface area contributed by atoms with E-state index in [1.807, 2.05) is 0 Å². The van der Waals surface area contributed by atoms with Crippen molar-refractivity contribution in [2.75, 3.05) is 6.54 Å². The van der Waals surface area contributed by atoms with Crippen molar-refractivity contribution in [1.82, 2.24) is 5.32 Å². The molecule has 0 aliphatic carbocycles. The standard InChI is InChI=1S/C12H23NO/c1-4-6-10(2)9-11(14)12(3)7-5-8-13-12/h10,13H,4-9H2,1-3H3. The van der Waals surface area contributed by atoms with Crippen molar-refractivity contribution < 1.29 is 4.79 Å². The van der Waals surface area contributed by atoms with E-state index in [9.17, 15) is 4.79 Å². The highest BCUT2D eigenvalue weighted by atomic mass is 16.1. The van der Waals surface area contributed by atoms with Crippen molar-refractivity contribution >= 4 is 5.78 Å². The Morgan fingerprint density at radius 2 is 2.29 bits per heavy atom. The van der Waals surface area contributed by atoms with Crippen LogP contribution in [0.1, 0.15) is 52.9 Å². The van der Waals surface area contributed by atoms with Crippen molar-refractivity contribution in [3.8, 4) is 0 Å². The molecule has 0 saturated carbocycles. The maximum atomic E-state index is 12.0. The Hall–Kier alpha value is -0.370. The van der Waals surface area contributed by atoms with E-state index in [4.69, 9.17) is 0 Å². The Morgan fingerprint density at radius 1 is 1.57 bits per heavy atom. The molecule has 1 rings (SSSR count). The first-order valence-corrected chi connectivity index (χ1v) is 5.87. The molecular weight excluding hydrogens is 174 g/mol. The van der Waals surface area contributed by atoms with E-state index in [1.54, 1.807) is 0 Å². The molecule has 1 saturated heterocycles. The maximum Gasteiger partial charge on any atom is 0.152 e. The second-order valence-electron chi connectivity index (χ2n) is 4.88. The van der Waals surface area contributed by atoms with E-state index in [0.717, 1.165) is 25.8 Å². The van der Waals surface area contributed by atoms with Crippen LogP contribution in [-0.2, 0) is 4.79 Å². The van der Waals surface area contributed by atoms with Gasteiger partial charge in [-0.1, -0.05) is 26.7 Å². The van der Waals surface area contributed by atoms with Crippen LogP contribution < -0.4 is 5.32 Å². The first-order chi connectivity index (χ1) is 6.58. The molecule has 1 aliphatic rings. The molecule has 0 bridgehead atoms. The van der Waals surface area contributed by atoms with Crippen LogP contribution in [0.5, 0.6) is 0 Å². The Morgan fingerprint density at radius 3 is 2.79 bits per heavy atom. The second kappa shape index (κ2) is 4.92. The van der Waals surface area contributed by atoms with Gasteiger partial charge in [-0.2, -0.15) is 0 Å². The van der Waals surface area contributed by atoms with Crippen LogP contribution in [0.25, 0.3) is 0 Å². The number of rotatable bonds is 5. The Bertz CT molecular complexity index is 194. The van der Waals surface area contributed by atoms with Crippen molar-refractivity contribution in [3.05, 3.63) is 0 Å². The summed E-state index contributed by atoms with van der Waals surface area (Å²) in [5, 5.41) is 3.33. The molecular formula is C12H23NO. The summed E-state index contributed by atoms with van der Waals surface area (Å²) >= 11 is 0. The van der Waals surface area contributed by atoms with Crippen molar-refractivity contribution in [1.29, 1.82) is 0 Å². The predicted molar refractivity (Wildman–Crippen MR) is 59.3 cm³/mol. The van der Waals surface area contributed by atoms with Gasteiger partial charge in [0.05, 0.1) is 5.54 Å². The van der Waals surface area contributed by atoms with Gasteiger partial charge < -0.3 is 5.32 Å². The molecule has 2 nitrogen and oxygen atoms in total. The fraction of sp³-hybridized carbons (Fsp3) is 0.917. The Labute approximate surface area is 87.5 Å². The first kappa shape index (κ1) is 11.7. The zero-order valence-corrected chi connectivity index (χ0v) is 9.73. The van der Waals surface area contributed by atoms with E-state index in [2.05, 4.69) is 26.1 Å². The van der Waals surface area contributed by atoms with E-state index in [0.29, 0.717) is 11.7 Å². The molecule has 82 valence electrons. The summed E-state index contributed by atoms with van der Waals surface area (Å²) in [6, 6.07) is 0. The third kappa shape index (κ3) is 2.81. The first-order valence-electron chi connectivity index (χ1n) is 5.87. The van der Waals surface area contributed by atoms with Crippen LogP contribution in [0.4, 0.5) is 0 Å². The third-order valence-electron chi connectivity index (χ3n) is 3.30. The fourth-order valence-corrected chi connectivity index (χ4v) is 2.27. The summed E-state index contributed by atoms with van der Waals surface area (Å²) in [6.07, 6.45) is 5.26. The summed E-state index contributed by atoms with van der Waals surface area (Å²) in [6.45, 7) is 7.42. The molecule has 0 aromatic heterocycles. The highest BCUT2D eigenvalue weighted by molar-refractivity contribution is 5.88. The fourth-order valence-electron chi connectivity index (χ4n) is 2.27. The molecule has 0 amide bonds. The predicted octanol–water partition coefficient (Wildman–Crippen LogP) is 2.52. The largest absolute Gasteiger partial charge is 0.305 e. The minimum atomic E-state index is -0.206. The van der Waals surface area contributed by atoms with Crippen LogP contribution >= 0.6 is 0 Å². The second-order valence-corrected chi connectivity index (χ2v) is 4.88. The highest BCUT2D eigenvalue weighted by Crippen LogP contribution is 2.23. The van der Waals surface area contributed by atoms with Crippen molar-refractivity contribution in [2.24, 2.45) is 5.92 Å². The molecule has 0 spiro atoms. The van der Waals surface area contributed by atoms with Crippen molar-refractivity contribution in [3.63, 3.8) is 0 Å². The van der Waals surface area contributed by atoms with E-state index >= 15 is 0 Å². The lowest BCUT2D eigenvalue weighted by molar-refractivity contribution is -0.125. The normalized spacial score (nSPS) is 29.1. The summed E-state index contributed by atoms with van der Waals surface area (Å²) in [5.41, 5.74) is -0.206. The molecule has 2 heteroatoms. The van der Waals surface area contributed by atoms with Crippen LogP contribution in [0, 0.1) is 5.92 Å². The smallest absolute Gasteiger partial charge is 0.152 e. The summed E-state index contributed by atoms with van der Waals surface area (Å²) in [5.74, 6) is 0.961. The zero-order valence-electron chi connectivity index (χ0n) is 9.73. The number of carbonyl (C=O) groups is 1. The summed E-state index contributed by atoms with van der Waals surface area (Å²) < 4.78 is 0. The van der Waals surface area contributed by atoms with Crippen LogP contribution in [0.3, 0.4) is 0 Å². The number of Topliss-reactive ketones (excluding diaryl/α,β-unsaturated/α-hetero) is 1. The number of ketones is 1. The van der Waals surface area contributed by atoms with Crippen LogP contribution in [0.15, 0.2) is 0 Å². The molecule has 2 unspecified atom stereocenters. The van der Waals surface area contributed by atoms with E-state index < -0.39 is 0 Å². The van der Waals surface area contributed by atoms with Gasteiger partial charge in [0.25, 0.3) is 0 Å². The molecule has 2 atom stereocenters. The van der Waals surface area contributed by atoms with Gasteiger partial charge in [-0.25, -0.2) is 0 Å².